The Bertz CT molecular complexity index is 1200. The van der Waals surface area contributed by atoms with Crippen molar-refractivity contribution in [2.75, 3.05) is 0 Å². The zero-order chi connectivity index (χ0) is 19.5. The van der Waals surface area contributed by atoms with E-state index in [0.29, 0.717) is 21.9 Å². The molecule has 0 radical (unpaired) electrons. The van der Waals surface area contributed by atoms with Gasteiger partial charge in [-0.3, -0.25) is 0 Å². The van der Waals surface area contributed by atoms with Gasteiger partial charge in [0.15, 0.2) is 0 Å². The van der Waals surface area contributed by atoms with Crippen LogP contribution in [0.25, 0.3) is 22.0 Å². The van der Waals surface area contributed by atoms with Crippen molar-refractivity contribution in [2.24, 2.45) is 0 Å². The third-order valence-electron chi connectivity index (χ3n) is 4.39. The van der Waals surface area contributed by atoms with E-state index in [-0.39, 0.29) is 23.9 Å². The molecule has 0 bridgehead atoms. The zero-order valence-electron chi connectivity index (χ0n) is 14.8. The quantitative estimate of drug-likeness (QED) is 0.536. The minimum atomic E-state index is -0.447. The van der Waals surface area contributed by atoms with Gasteiger partial charge in [-0.15, -0.1) is 0 Å². The number of ether oxygens (including phenoxy) is 1. The minimum absolute atomic E-state index is 0.0860. The summed E-state index contributed by atoms with van der Waals surface area (Å²) >= 11 is 0. The molecule has 4 nitrogen and oxygen atoms in total. The number of hydrogen-bond acceptors (Lipinski definition) is 4. The highest BCUT2D eigenvalue weighted by Gasteiger charge is 2.17. The number of hydrogen-bond donors (Lipinski definition) is 1. The Hall–Kier alpha value is -3.91. The van der Waals surface area contributed by atoms with Gasteiger partial charge in [0.25, 0.3) is 0 Å². The Labute approximate surface area is 161 Å². The van der Waals surface area contributed by atoms with Gasteiger partial charge in [-0.25, -0.2) is 9.37 Å². The Morgan fingerprint density at radius 1 is 0.964 bits per heavy atom. The van der Waals surface area contributed by atoms with Crippen LogP contribution in [0, 0.1) is 17.1 Å². The first-order valence-corrected chi connectivity index (χ1v) is 8.65. The fraction of sp³-hybridized carbons (Fsp3) is 0.0435. The van der Waals surface area contributed by atoms with Crippen molar-refractivity contribution >= 4 is 10.8 Å². The lowest BCUT2D eigenvalue weighted by atomic mass is 10.0. The normalized spacial score (nSPS) is 10.6. The lowest BCUT2D eigenvalue weighted by molar-refractivity contribution is 0.297. The Balaban J connectivity index is 1.85. The van der Waals surface area contributed by atoms with E-state index >= 15 is 0 Å². The summed E-state index contributed by atoms with van der Waals surface area (Å²) in [6, 6.07) is 22.5. The number of pyridine rings is 1. The molecule has 1 N–H and O–H groups in total. The van der Waals surface area contributed by atoms with E-state index in [0.717, 1.165) is 5.56 Å². The number of fused-ring (bicyclic) bond motifs is 1. The number of halogens is 1. The van der Waals surface area contributed by atoms with E-state index in [2.05, 4.69) is 11.1 Å². The molecule has 0 aliphatic carbocycles. The molecule has 1 aromatic heterocycles. The number of benzene rings is 3. The zero-order valence-corrected chi connectivity index (χ0v) is 14.8. The Morgan fingerprint density at radius 3 is 2.57 bits per heavy atom. The van der Waals surface area contributed by atoms with Gasteiger partial charge in [-0.1, -0.05) is 42.5 Å². The molecule has 4 rings (SSSR count). The minimum Gasteiger partial charge on any atom is -0.505 e. The molecule has 4 aromatic rings. The van der Waals surface area contributed by atoms with Crippen LogP contribution >= 0.6 is 0 Å². The second-order valence-corrected chi connectivity index (χ2v) is 6.27. The number of nitriles is 1. The molecule has 0 saturated heterocycles. The highest BCUT2D eigenvalue weighted by molar-refractivity contribution is 5.96. The average molecular weight is 370 g/mol. The first kappa shape index (κ1) is 17.5. The van der Waals surface area contributed by atoms with E-state index < -0.39 is 5.82 Å². The van der Waals surface area contributed by atoms with Gasteiger partial charge in [0.2, 0.25) is 5.88 Å². The van der Waals surface area contributed by atoms with Gasteiger partial charge in [-0.2, -0.15) is 5.26 Å². The standard InChI is InChI=1S/C23H15FN2O2/c24-18-9-10-19-20(12-18)23(28-14-15-5-2-1-3-6-15)26-21(22(19)27)17-8-4-7-16(11-17)13-25/h1-12,27H,14H2. The van der Waals surface area contributed by atoms with Crippen LogP contribution in [-0.2, 0) is 6.61 Å². The maximum Gasteiger partial charge on any atom is 0.222 e. The molecule has 0 unspecified atom stereocenters. The van der Waals surface area contributed by atoms with Crippen LogP contribution in [0.15, 0.2) is 72.8 Å². The summed E-state index contributed by atoms with van der Waals surface area (Å²) in [5, 5.41) is 20.7. The van der Waals surface area contributed by atoms with Gasteiger partial charge in [0.1, 0.15) is 23.9 Å². The molecule has 0 spiro atoms. The molecule has 0 amide bonds. The van der Waals surface area contributed by atoms with Crippen molar-refractivity contribution in [2.45, 2.75) is 6.61 Å². The van der Waals surface area contributed by atoms with Crippen molar-refractivity contribution in [3.8, 4) is 29.0 Å². The molecule has 28 heavy (non-hydrogen) atoms. The van der Waals surface area contributed by atoms with Gasteiger partial charge in [0.05, 0.1) is 17.0 Å². The fourth-order valence-electron chi connectivity index (χ4n) is 3.02. The summed E-state index contributed by atoms with van der Waals surface area (Å²) < 4.78 is 19.7. The predicted molar refractivity (Wildman–Crippen MR) is 104 cm³/mol. The van der Waals surface area contributed by atoms with Gasteiger partial charge < -0.3 is 9.84 Å². The Morgan fingerprint density at radius 2 is 1.79 bits per heavy atom. The number of aromatic hydroxyl groups is 1. The van der Waals surface area contributed by atoms with Crippen molar-refractivity contribution in [3.05, 3.63) is 89.7 Å². The second-order valence-electron chi connectivity index (χ2n) is 6.27. The number of rotatable bonds is 4. The van der Waals surface area contributed by atoms with E-state index in [1.54, 1.807) is 24.3 Å². The second kappa shape index (κ2) is 7.37. The third kappa shape index (κ3) is 3.36. The fourth-order valence-corrected chi connectivity index (χ4v) is 3.02. The van der Waals surface area contributed by atoms with Crippen LogP contribution in [0.5, 0.6) is 11.6 Å². The lowest BCUT2D eigenvalue weighted by Gasteiger charge is -2.13. The highest BCUT2D eigenvalue weighted by Crippen LogP contribution is 2.39. The van der Waals surface area contributed by atoms with Crippen molar-refractivity contribution < 1.29 is 14.2 Å². The SMILES string of the molecule is N#Cc1cccc(-c2nc(OCc3ccccc3)c3cc(F)ccc3c2O)c1. The molecule has 0 aliphatic heterocycles. The average Bonchev–Trinajstić information content (AvgIpc) is 2.74. The highest BCUT2D eigenvalue weighted by atomic mass is 19.1. The predicted octanol–water partition coefficient (Wildman–Crippen LogP) is 5.20. The first-order valence-electron chi connectivity index (χ1n) is 8.65. The lowest BCUT2D eigenvalue weighted by Crippen LogP contribution is -2.00. The maximum atomic E-state index is 13.8. The van der Waals surface area contributed by atoms with Gasteiger partial charge >= 0.3 is 0 Å². The van der Waals surface area contributed by atoms with Crippen molar-refractivity contribution in [3.63, 3.8) is 0 Å². The van der Waals surface area contributed by atoms with Gasteiger partial charge in [0, 0.05) is 10.9 Å². The van der Waals surface area contributed by atoms with Crippen LogP contribution < -0.4 is 4.74 Å². The monoisotopic (exact) mass is 370 g/mol. The maximum absolute atomic E-state index is 13.8. The van der Waals surface area contributed by atoms with E-state index in [4.69, 9.17) is 10.00 Å². The largest absolute Gasteiger partial charge is 0.505 e. The molecule has 0 atom stereocenters. The molecule has 5 heteroatoms. The van der Waals surface area contributed by atoms with Gasteiger partial charge in [-0.05, 0) is 35.9 Å². The summed E-state index contributed by atoms with van der Waals surface area (Å²) in [5.41, 5.74) is 2.24. The molecular formula is C23H15FN2O2. The molecule has 1 heterocycles. The summed E-state index contributed by atoms with van der Waals surface area (Å²) in [6.45, 7) is 0.252. The summed E-state index contributed by atoms with van der Waals surface area (Å²) in [6.07, 6.45) is 0. The van der Waals surface area contributed by atoms with E-state index in [1.807, 2.05) is 30.3 Å². The summed E-state index contributed by atoms with van der Waals surface area (Å²) in [4.78, 5) is 4.45. The van der Waals surface area contributed by atoms with E-state index in [9.17, 15) is 9.50 Å². The smallest absolute Gasteiger partial charge is 0.222 e. The first-order chi connectivity index (χ1) is 13.7. The summed E-state index contributed by atoms with van der Waals surface area (Å²) in [7, 11) is 0. The molecule has 0 fully saturated rings. The summed E-state index contributed by atoms with van der Waals surface area (Å²) in [5.74, 6) is -0.317. The van der Waals surface area contributed by atoms with Crippen molar-refractivity contribution in [1.82, 2.24) is 4.98 Å². The Kier molecular flexibility index (Phi) is 4.61. The third-order valence-corrected chi connectivity index (χ3v) is 4.39. The molecular weight excluding hydrogens is 355 g/mol. The van der Waals surface area contributed by atoms with Crippen LogP contribution in [0.3, 0.4) is 0 Å². The molecule has 0 saturated carbocycles. The molecule has 3 aromatic carbocycles. The van der Waals surface area contributed by atoms with Crippen LogP contribution in [0.4, 0.5) is 4.39 Å². The number of aromatic nitrogens is 1. The van der Waals surface area contributed by atoms with Crippen molar-refractivity contribution in [1.29, 1.82) is 5.26 Å². The van der Waals surface area contributed by atoms with E-state index in [1.165, 1.54) is 18.2 Å². The van der Waals surface area contributed by atoms with Crippen LogP contribution in [0.2, 0.25) is 0 Å². The number of nitrogens with zero attached hydrogens (tertiary/aromatic N) is 2. The topological polar surface area (TPSA) is 66.1 Å². The van der Waals surface area contributed by atoms with Crippen LogP contribution in [-0.4, -0.2) is 10.1 Å². The molecule has 136 valence electrons. The molecule has 0 aliphatic rings. The van der Waals surface area contributed by atoms with Crippen LogP contribution in [0.1, 0.15) is 11.1 Å².